The molecule has 96 valence electrons. The summed E-state index contributed by atoms with van der Waals surface area (Å²) in [7, 11) is 0. The first-order valence-electron chi connectivity index (χ1n) is 6.65. The molecule has 0 saturated heterocycles. The highest BCUT2D eigenvalue weighted by molar-refractivity contribution is 5.38. The Morgan fingerprint density at radius 1 is 1.12 bits per heavy atom. The highest BCUT2D eigenvalue weighted by Gasteiger charge is 2.28. The second kappa shape index (κ2) is 5.22. The maximum Gasteiger partial charge on any atom is 0.0215 e. The molecule has 1 atom stereocenters. The fraction of sp³-hybridized carbons (Fsp3) is 0.625. The molecular weight excluding hydrogens is 206 g/mol. The van der Waals surface area contributed by atoms with Crippen molar-refractivity contribution in [1.82, 2.24) is 0 Å². The zero-order valence-electron chi connectivity index (χ0n) is 12.2. The third-order valence-corrected chi connectivity index (χ3v) is 4.15. The van der Waals surface area contributed by atoms with Gasteiger partial charge in [-0.1, -0.05) is 38.5 Å². The molecule has 0 heterocycles. The second-order valence-corrected chi connectivity index (χ2v) is 5.80. The van der Waals surface area contributed by atoms with Gasteiger partial charge in [0.1, 0.15) is 0 Å². The van der Waals surface area contributed by atoms with Gasteiger partial charge in [-0.3, -0.25) is 0 Å². The first kappa shape index (κ1) is 14.2. The topological polar surface area (TPSA) is 26.0 Å². The number of aryl methyl sites for hydroxylation is 3. The van der Waals surface area contributed by atoms with Crippen molar-refractivity contribution in [2.75, 3.05) is 0 Å². The van der Waals surface area contributed by atoms with E-state index >= 15 is 0 Å². The van der Waals surface area contributed by atoms with Gasteiger partial charge >= 0.3 is 0 Å². The van der Waals surface area contributed by atoms with Gasteiger partial charge in [0.15, 0.2) is 0 Å². The van der Waals surface area contributed by atoms with E-state index in [-0.39, 0.29) is 5.54 Å². The van der Waals surface area contributed by atoms with Crippen molar-refractivity contribution < 1.29 is 0 Å². The SMILES string of the molecule is CCC(N)(Cc1c(C)cc(C)cc1C)C(C)C. The van der Waals surface area contributed by atoms with E-state index in [1.807, 2.05) is 0 Å². The van der Waals surface area contributed by atoms with Crippen LogP contribution >= 0.6 is 0 Å². The minimum atomic E-state index is -0.0786. The molecule has 0 fully saturated rings. The van der Waals surface area contributed by atoms with Crippen LogP contribution in [-0.2, 0) is 6.42 Å². The van der Waals surface area contributed by atoms with Crippen LogP contribution in [0.3, 0.4) is 0 Å². The summed E-state index contributed by atoms with van der Waals surface area (Å²) in [5.74, 6) is 0.507. The summed E-state index contributed by atoms with van der Waals surface area (Å²) in [6.07, 6.45) is 2.01. The molecule has 0 amide bonds. The van der Waals surface area contributed by atoms with Gasteiger partial charge in [-0.2, -0.15) is 0 Å². The molecular formula is C16H27N. The lowest BCUT2D eigenvalue weighted by atomic mass is 9.78. The molecule has 1 aromatic carbocycles. The number of hydrogen-bond donors (Lipinski definition) is 1. The monoisotopic (exact) mass is 233 g/mol. The van der Waals surface area contributed by atoms with Gasteiger partial charge in [0.2, 0.25) is 0 Å². The largest absolute Gasteiger partial charge is 0.325 e. The summed E-state index contributed by atoms with van der Waals surface area (Å²) in [6, 6.07) is 4.53. The van der Waals surface area contributed by atoms with E-state index in [4.69, 9.17) is 5.73 Å². The van der Waals surface area contributed by atoms with Gasteiger partial charge < -0.3 is 5.73 Å². The smallest absolute Gasteiger partial charge is 0.0215 e. The summed E-state index contributed by atoms with van der Waals surface area (Å²) in [4.78, 5) is 0. The Bertz CT molecular complexity index is 370. The quantitative estimate of drug-likeness (QED) is 0.838. The number of nitrogens with two attached hydrogens (primary N) is 1. The first-order valence-corrected chi connectivity index (χ1v) is 6.65. The van der Waals surface area contributed by atoms with Crippen LogP contribution in [0.5, 0.6) is 0 Å². The van der Waals surface area contributed by atoms with Crippen LogP contribution in [0.25, 0.3) is 0 Å². The van der Waals surface area contributed by atoms with Crippen molar-refractivity contribution in [2.24, 2.45) is 11.7 Å². The van der Waals surface area contributed by atoms with Crippen molar-refractivity contribution in [1.29, 1.82) is 0 Å². The fourth-order valence-corrected chi connectivity index (χ4v) is 2.56. The molecule has 0 aliphatic carbocycles. The van der Waals surface area contributed by atoms with E-state index < -0.39 is 0 Å². The molecule has 1 nitrogen and oxygen atoms in total. The summed E-state index contributed by atoms with van der Waals surface area (Å²) < 4.78 is 0. The van der Waals surface area contributed by atoms with E-state index in [0.29, 0.717) is 5.92 Å². The summed E-state index contributed by atoms with van der Waals surface area (Å²) >= 11 is 0. The van der Waals surface area contributed by atoms with Gasteiger partial charge in [-0.15, -0.1) is 0 Å². The van der Waals surface area contributed by atoms with E-state index in [0.717, 1.165) is 12.8 Å². The van der Waals surface area contributed by atoms with Crippen molar-refractivity contribution in [3.63, 3.8) is 0 Å². The molecule has 0 aromatic heterocycles. The molecule has 0 spiro atoms. The molecule has 0 bridgehead atoms. The van der Waals surface area contributed by atoms with Crippen molar-refractivity contribution in [2.45, 2.75) is 59.9 Å². The van der Waals surface area contributed by atoms with Gasteiger partial charge in [0.25, 0.3) is 0 Å². The predicted octanol–water partition coefficient (Wildman–Crippen LogP) is 3.92. The maximum absolute atomic E-state index is 6.55. The third kappa shape index (κ3) is 3.10. The molecule has 0 radical (unpaired) electrons. The number of hydrogen-bond acceptors (Lipinski definition) is 1. The lowest BCUT2D eigenvalue weighted by molar-refractivity contribution is 0.295. The van der Waals surface area contributed by atoms with Crippen LogP contribution in [-0.4, -0.2) is 5.54 Å². The lowest BCUT2D eigenvalue weighted by Crippen LogP contribution is -2.46. The molecule has 17 heavy (non-hydrogen) atoms. The summed E-state index contributed by atoms with van der Waals surface area (Å²) in [5.41, 5.74) is 12.0. The highest BCUT2D eigenvalue weighted by atomic mass is 14.7. The Hall–Kier alpha value is -0.820. The fourth-order valence-electron chi connectivity index (χ4n) is 2.56. The molecule has 1 aromatic rings. The van der Waals surface area contributed by atoms with Crippen LogP contribution in [0.4, 0.5) is 0 Å². The minimum absolute atomic E-state index is 0.0786. The van der Waals surface area contributed by atoms with E-state index in [1.54, 1.807) is 0 Å². The van der Waals surface area contributed by atoms with Gasteiger partial charge in [-0.05, 0) is 56.2 Å². The first-order chi connectivity index (χ1) is 7.80. The highest BCUT2D eigenvalue weighted by Crippen LogP contribution is 2.27. The molecule has 1 heteroatoms. The molecule has 0 aliphatic heterocycles. The maximum atomic E-state index is 6.55. The van der Waals surface area contributed by atoms with Crippen LogP contribution in [0, 0.1) is 26.7 Å². The Morgan fingerprint density at radius 3 is 1.94 bits per heavy atom. The van der Waals surface area contributed by atoms with E-state index in [2.05, 4.69) is 53.7 Å². The zero-order chi connectivity index (χ0) is 13.2. The van der Waals surface area contributed by atoms with Crippen LogP contribution < -0.4 is 5.73 Å². The normalized spacial score (nSPS) is 15.1. The molecule has 1 rings (SSSR count). The lowest BCUT2D eigenvalue weighted by Gasteiger charge is -2.34. The summed E-state index contributed by atoms with van der Waals surface area (Å²) in [5, 5.41) is 0. The van der Waals surface area contributed by atoms with Crippen molar-refractivity contribution in [3.8, 4) is 0 Å². The molecule has 0 aliphatic rings. The third-order valence-electron chi connectivity index (χ3n) is 4.15. The minimum Gasteiger partial charge on any atom is -0.325 e. The van der Waals surface area contributed by atoms with E-state index in [9.17, 15) is 0 Å². The van der Waals surface area contributed by atoms with Gasteiger partial charge in [-0.25, -0.2) is 0 Å². The van der Waals surface area contributed by atoms with Crippen LogP contribution in [0.2, 0.25) is 0 Å². The molecule has 0 saturated carbocycles. The number of rotatable bonds is 4. The zero-order valence-corrected chi connectivity index (χ0v) is 12.2. The van der Waals surface area contributed by atoms with Crippen LogP contribution in [0.15, 0.2) is 12.1 Å². The van der Waals surface area contributed by atoms with Gasteiger partial charge in [0.05, 0.1) is 0 Å². The average molecular weight is 233 g/mol. The number of benzene rings is 1. The summed E-state index contributed by atoms with van der Waals surface area (Å²) in [6.45, 7) is 13.2. The van der Waals surface area contributed by atoms with Crippen molar-refractivity contribution >= 4 is 0 Å². The van der Waals surface area contributed by atoms with E-state index in [1.165, 1.54) is 22.3 Å². The molecule has 1 unspecified atom stereocenters. The Morgan fingerprint density at radius 2 is 1.59 bits per heavy atom. The Labute approximate surface area is 106 Å². The van der Waals surface area contributed by atoms with Crippen molar-refractivity contribution in [3.05, 3.63) is 34.4 Å². The van der Waals surface area contributed by atoms with Crippen LogP contribution in [0.1, 0.15) is 49.4 Å². The average Bonchev–Trinajstić information content (AvgIpc) is 2.22. The Balaban J connectivity index is 3.10. The molecule has 2 N–H and O–H groups in total. The second-order valence-electron chi connectivity index (χ2n) is 5.80. The Kier molecular flexibility index (Phi) is 4.37. The van der Waals surface area contributed by atoms with Gasteiger partial charge in [0, 0.05) is 5.54 Å². The standard InChI is InChI=1S/C16H27N/c1-7-16(17,11(2)3)10-15-13(5)8-12(4)9-14(15)6/h8-9,11H,7,10,17H2,1-6H3. The predicted molar refractivity (Wildman–Crippen MR) is 76.4 cm³/mol.